The lowest BCUT2D eigenvalue weighted by Gasteiger charge is -2.49. The number of hydrogen-bond acceptors (Lipinski definition) is 15. The highest BCUT2D eigenvalue weighted by molar-refractivity contribution is 5.05. The fourth-order valence-electron chi connectivity index (χ4n) is 5.30. The zero-order chi connectivity index (χ0) is 28.7. The lowest BCUT2D eigenvalue weighted by atomic mass is 9.83. The third kappa shape index (κ3) is 8.05. The number of nitrogens with one attached hydrogen (secondary N) is 3. The largest absolute Gasteiger partial charge is 0.467 e. The maximum atomic E-state index is 11.5. The van der Waals surface area contributed by atoms with Crippen molar-refractivity contribution < 1.29 is 49.6 Å². The molecule has 1 saturated heterocycles. The van der Waals surface area contributed by atoms with E-state index in [9.17, 15) is 25.5 Å². The van der Waals surface area contributed by atoms with E-state index in [0.717, 1.165) is 0 Å². The Morgan fingerprint density at radius 2 is 1.77 bits per heavy atom. The van der Waals surface area contributed by atoms with Gasteiger partial charge in [0.25, 0.3) is 0 Å². The number of nitrogens with two attached hydrogens (primary N) is 2. The second kappa shape index (κ2) is 14.7. The molecule has 0 unspecified atom stereocenters. The average Bonchev–Trinajstić information content (AvgIpc) is 2.90. The van der Waals surface area contributed by atoms with Gasteiger partial charge in [-0.3, -0.25) is 0 Å². The summed E-state index contributed by atoms with van der Waals surface area (Å²) >= 11 is 0. The molecule has 1 saturated carbocycles. The summed E-state index contributed by atoms with van der Waals surface area (Å²) in [7, 11) is 1.59. The van der Waals surface area contributed by atoms with Crippen LogP contribution in [0, 0.1) is 0 Å². The first-order chi connectivity index (χ1) is 18.6. The normalized spacial score (nSPS) is 41.4. The topological polar surface area (TPSA) is 246 Å². The van der Waals surface area contributed by atoms with Crippen LogP contribution in [-0.2, 0) is 18.9 Å². The number of likely N-dealkylation sites (N-methyl/N-ethyl adjacent to an activating group) is 1. The summed E-state index contributed by atoms with van der Waals surface area (Å²) in [5, 5.41) is 70.2. The van der Waals surface area contributed by atoms with Crippen LogP contribution >= 0.6 is 0 Å². The summed E-state index contributed by atoms with van der Waals surface area (Å²) in [6.45, 7) is 1.37. The van der Waals surface area contributed by atoms with Gasteiger partial charge >= 0.3 is 0 Å². The molecule has 0 aromatic heterocycles. The van der Waals surface area contributed by atoms with Crippen molar-refractivity contribution in [1.82, 2.24) is 16.0 Å². The molecule has 0 spiro atoms. The Bertz CT molecular complexity index is 776. The minimum absolute atomic E-state index is 0.0220. The van der Waals surface area contributed by atoms with Gasteiger partial charge in [-0.2, -0.15) is 0 Å². The molecule has 3 aliphatic rings. The second-order valence-electron chi connectivity index (χ2n) is 10.7. The van der Waals surface area contributed by atoms with Gasteiger partial charge in [0.2, 0.25) is 6.29 Å². The SMILES string of the molecule is CN[C@@H]1[C@@H](O)[C@@H](O[C@@H]2[C@@H](O)[C@H](O[C@H]3OC(CNCCO)=CC[C@H]3N)[C@@H](N)C[C@H]2NC(CO)CO)OC[C@]1(C)O. The number of aliphatic hydroxyl groups is 6. The molecule has 15 nitrogen and oxygen atoms in total. The van der Waals surface area contributed by atoms with Gasteiger partial charge in [-0.1, -0.05) is 0 Å². The van der Waals surface area contributed by atoms with Gasteiger partial charge in [0.15, 0.2) is 6.29 Å². The maximum absolute atomic E-state index is 11.5. The fourth-order valence-corrected chi connectivity index (χ4v) is 5.30. The minimum Gasteiger partial charge on any atom is -0.467 e. The summed E-state index contributed by atoms with van der Waals surface area (Å²) in [6.07, 6.45) is -4.32. The lowest BCUT2D eigenvalue weighted by molar-refractivity contribution is -0.304. The molecule has 0 bridgehead atoms. The van der Waals surface area contributed by atoms with Crippen LogP contribution in [0.4, 0.5) is 0 Å². The van der Waals surface area contributed by atoms with E-state index in [4.69, 9.17) is 35.5 Å². The first-order valence-electron chi connectivity index (χ1n) is 13.4. The summed E-state index contributed by atoms with van der Waals surface area (Å²) in [6, 6.07) is -3.40. The van der Waals surface area contributed by atoms with Gasteiger partial charge in [-0.15, -0.1) is 0 Å². The smallest absolute Gasteiger partial charge is 0.215 e. The van der Waals surface area contributed by atoms with E-state index in [2.05, 4.69) is 16.0 Å². The van der Waals surface area contributed by atoms with E-state index >= 15 is 0 Å². The van der Waals surface area contributed by atoms with E-state index < -0.39 is 72.8 Å². The Hall–Kier alpha value is -1.02. The Kier molecular flexibility index (Phi) is 12.3. The predicted molar refractivity (Wildman–Crippen MR) is 138 cm³/mol. The highest BCUT2D eigenvalue weighted by atomic mass is 16.7. The van der Waals surface area contributed by atoms with Crippen molar-refractivity contribution >= 4 is 0 Å². The van der Waals surface area contributed by atoms with Crippen molar-refractivity contribution in [1.29, 1.82) is 0 Å². The molecule has 2 heterocycles. The van der Waals surface area contributed by atoms with E-state index in [1.54, 1.807) is 7.05 Å². The predicted octanol–water partition coefficient (Wildman–Crippen LogP) is -5.24. The third-order valence-electron chi connectivity index (χ3n) is 7.45. The van der Waals surface area contributed by atoms with Crippen LogP contribution in [0.1, 0.15) is 19.8 Å². The standard InChI is InChI=1S/C24H47N5O10/c1-24(35)11-36-23(18(34)21(24)27-2)39-20-16(29-12(9-31)10-32)7-15(26)19(17(20)33)38-22-14(25)4-3-13(37-22)8-28-5-6-30/h3,12,14-23,27-35H,4-11,25-26H2,1-2H3/t14-,15+,16-,17+,18-,19-,20+,21-,22-,23-,24+/m1/s1. The average molecular weight is 566 g/mol. The van der Waals surface area contributed by atoms with E-state index in [-0.39, 0.29) is 32.8 Å². The minimum atomic E-state index is -1.37. The molecule has 2 aliphatic heterocycles. The molecule has 39 heavy (non-hydrogen) atoms. The Morgan fingerprint density at radius 1 is 1.08 bits per heavy atom. The van der Waals surface area contributed by atoms with Crippen molar-refractivity contribution in [3.05, 3.63) is 11.8 Å². The molecule has 1 aliphatic carbocycles. The maximum Gasteiger partial charge on any atom is 0.215 e. The molecular weight excluding hydrogens is 518 g/mol. The van der Waals surface area contributed by atoms with Crippen molar-refractivity contribution in [3.63, 3.8) is 0 Å². The first kappa shape index (κ1) is 32.5. The summed E-state index contributed by atoms with van der Waals surface area (Å²) < 4.78 is 23.8. The molecule has 0 amide bonds. The van der Waals surface area contributed by atoms with Crippen LogP contribution in [0.2, 0.25) is 0 Å². The zero-order valence-electron chi connectivity index (χ0n) is 22.6. The van der Waals surface area contributed by atoms with E-state index in [0.29, 0.717) is 25.3 Å². The quantitative estimate of drug-likeness (QED) is 0.0934. The van der Waals surface area contributed by atoms with Gasteiger partial charge in [0, 0.05) is 18.6 Å². The Labute approximate surface area is 228 Å². The zero-order valence-corrected chi connectivity index (χ0v) is 22.6. The summed E-state index contributed by atoms with van der Waals surface area (Å²) in [5.74, 6) is 0.582. The Morgan fingerprint density at radius 3 is 2.41 bits per heavy atom. The van der Waals surface area contributed by atoms with Crippen molar-refractivity contribution in [3.8, 4) is 0 Å². The molecule has 3 rings (SSSR count). The van der Waals surface area contributed by atoms with Crippen LogP contribution in [0.25, 0.3) is 0 Å². The highest BCUT2D eigenvalue weighted by Crippen LogP contribution is 2.32. The molecule has 11 atom stereocenters. The molecule has 13 N–H and O–H groups in total. The monoisotopic (exact) mass is 565 g/mol. The van der Waals surface area contributed by atoms with Gasteiger partial charge in [0.05, 0.1) is 51.1 Å². The molecule has 15 heteroatoms. The molecule has 0 radical (unpaired) electrons. The molecule has 0 aromatic rings. The number of aliphatic hydroxyl groups excluding tert-OH is 5. The summed E-state index contributed by atoms with van der Waals surface area (Å²) in [5.41, 5.74) is 11.3. The Balaban J connectivity index is 1.77. The number of ether oxygens (including phenoxy) is 4. The van der Waals surface area contributed by atoms with Gasteiger partial charge in [-0.05, 0) is 32.9 Å². The van der Waals surface area contributed by atoms with Crippen molar-refractivity contribution in [2.24, 2.45) is 11.5 Å². The van der Waals surface area contributed by atoms with E-state index in [1.165, 1.54) is 6.92 Å². The number of rotatable bonds is 13. The summed E-state index contributed by atoms with van der Waals surface area (Å²) in [4.78, 5) is 0. The van der Waals surface area contributed by atoms with Crippen molar-refractivity contribution in [2.45, 2.75) is 92.6 Å². The van der Waals surface area contributed by atoms with E-state index in [1.807, 2.05) is 6.08 Å². The van der Waals surface area contributed by atoms with Crippen LogP contribution in [-0.4, -0.2) is 150 Å². The highest BCUT2D eigenvalue weighted by Gasteiger charge is 2.51. The van der Waals surface area contributed by atoms with Crippen molar-refractivity contribution in [2.75, 3.05) is 46.6 Å². The molecule has 0 aromatic carbocycles. The van der Waals surface area contributed by atoms with Gasteiger partial charge < -0.3 is 77.0 Å². The van der Waals surface area contributed by atoms with Gasteiger partial charge in [0.1, 0.15) is 35.8 Å². The van der Waals surface area contributed by atoms with Crippen LogP contribution in [0.3, 0.4) is 0 Å². The first-order valence-corrected chi connectivity index (χ1v) is 13.4. The van der Waals surface area contributed by atoms with Crippen LogP contribution in [0.5, 0.6) is 0 Å². The molecular formula is C24H47N5O10. The third-order valence-corrected chi connectivity index (χ3v) is 7.45. The molecule has 228 valence electrons. The lowest BCUT2D eigenvalue weighted by Crippen LogP contribution is -2.69. The second-order valence-corrected chi connectivity index (χ2v) is 10.7. The number of hydrogen-bond donors (Lipinski definition) is 11. The van der Waals surface area contributed by atoms with Gasteiger partial charge in [-0.25, -0.2) is 0 Å². The van der Waals surface area contributed by atoms with Crippen LogP contribution < -0.4 is 27.4 Å². The fraction of sp³-hybridized carbons (Fsp3) is 0.917. The van der Waals surface area contributed by atoms with Crippen LogP contribution in [0.15, 0.2) is 11.8 Å². The molecule has 2 fully saturated rings.